The molecular weight excluding hydrogens is 350 g/mol. The number of anilines is 2. The Morgan fingerprint density at radius 3 is 2.93 bits per heavy atom. The highest BCUT2D eigenvalue weighted by molar-refractivity contribution is 5.96. The second kappa shape index (κ2) is 8.82. The maximum atomic E-state index is 12.7. The highest BCUT2D eigenvalue weighted by atomic mass is 16.5. The Kier molecular flexibility index (Phi) is 6.02. The lowest BCUT2D eigenvalue weighted by Gasteiger charge is -2.25. The summed E-state index contributed by atoms with van der Waals surface area (Å²) in [7, 11) is 0. The summed E-state index contributed by atoms with van der Waals surface area (Å²) in [6, 6.07) is 9.65. The van der Waals surface area contributed by atoms with Gasteiger partial charge in [0.15, 0.2) is 5.82 Å². The van der Waals surface area contributed by atoms with Crippen LogP contribution < -0.4 is 10.6 Å². The molecule has 1 atom stereocenters. The molecular formula is C18H19N5O4. The predicted molar refractivity (Wildman–Crippen MR) is 95.9 cm³/mol. The van der Waals surface area contributed by atoms with Crippen molar-refractivity contribution in [1.82, 2.24) is 10.1 Å². The van der Waals surface area contributed by atoms with Crippen molar-refractivity contribution in [2.45, 2.75) is 18.9 Å². The number of nitriles is 1. The molecule has 2 heterocycles. The van der Waals surface area contributed by atoms with E-state index in [4.69, 9.17) is 10.00 Å². The second-order valence-electron chi connectivity index (χ2n) is 6.07. The van der Waals surface area contributed by atoms with Crippen LogP contribution in [0.1, 0.15) is 18.4 Å². The van der Waals surface area contributed by atoms with Crippen molar-refractivity contribution in [3.05, 3.63) is 42.2 Å². The van der Waals surface area contributed by atoms with Crippen LogP contribution in [0.15, 0.2) is 41.1 Å². The fraction of sp³-hybridized carbons (Fsp3) is 0.333. The number of aromatic nitrogens is 1. The number of carbonyl (C=O) groups excluding carboxylic acids is 2. The minimum absolute atomic E-state index is 0.110. The average Bonchev–Trinajstić information content (AvgIpc) is 3.35. The second-order valence-corrected chi connectivity index (χ2v) is 6.07. The molecule has 2 aromatic rings. The van der Waals surface area contributed by atoms with Crippen LogP contribution in [-0.4, -0.2) is 47.8 Å². The first-order valence-electron chi connectivity index (χ1n) is 8.52. The van der Waals surface area contributed by atoms with Gasteiger partial charge in [-0.1, -0.05) is 11.2 Å². The number of nitrogens with one attached hydrogen (secondary N) is 2. The van der Waals surface area contributed by atoms with E-state index in [1.165, 1.54) is 17.2 Å². The Labute approximate surface area is 155 Å². The van der Waals surface area contributed by atoms with Gasteiger partial charge < -0.3 is 24.8 Å². The lowest BCUT2D eigenvalue weighted by atomic mass is 10.2. The molecule has 1 fully saturated rings. The first-order valence-corrected chi connectivity index (χ1v) is 8.52. The molecule has 140 valence electrons. The molecule has 2 N–H and O–H groups in total. The summed E-state index contributed by atoms with van der Waals surface area (Å²) >= 11 is 0. The molecule has 1 unspecified atom stereocenters. The van der Waals surface area contributed by atoms with Gasteiger partial charge in [0, 0.05) is 24.9 Å². The highest BCUT2D eigenvalue weighted by Crippen LogP contribution is 2.15. The molecule has 1 aromatic carbocycles. The summed E-state index contributed by atoms with van der Waals surface area (Å²) < 4.78 is 10.3. The normalized spacial score (nSPS) is 15.7. The molecule has 1 aliphatic heterocycles. The van der Waals surface area contributed by atoms with E-state index in [-0.39, 0.29) is 25.0 Å². The summed E-state index contributed by atoms with van der Waals surface area (Å²) in [5.41, 5.74) is 0.913. The number of hydrogen-bond donors (Lipinski definition) is 2. The number of amides is 3. The van der Waals surface area contributed by atoms with Crippen LogP contribution >= 0.6 is 0 Å². The zero-order chi connectivity index (χ0) is 19.1. The maximum absolute atomic E-state index is 12.7. The minimum Gasteiger partial charge on any atom is -0.376 e. The molecule has 3 amide bonds. The van der Waals surface area contributed by atoms with Gasteiger partial charge in [-0.05, 0) is 31.0 Å². The number of rotatable bonds is 6. The third-order valence-electron chi connectivity index (χ3n) is 4.02. The van der Waals surface area contributed by atoms with E-state index in [0.29, 0.717) is 17.9 Å². The molecule has 3 rings (SSSR count). The van der Waals surface area contributed by atoms with Crippen molar-refractivity contribution < 1.29 is 18.8 Å². The molecule has 0 aliphatic carbocycles. The SMILES string of the molecule is N#Cc1cccc(NC(=O)N(CC(=O)Nc2ccon2)CC2CCCO2)c1. The van der Waals surface area contributed by atoms with Crippen LogP contribution in [0, 0.1) is 11.3 Å². The first-order chi connectivity index (χ1) is 13.1. The van der Waals surface area contributed by atoms with Gasteiger partial charge in [0.1, 0.15) is 12.8 Å². The van der Waals surface area contributed by atoms with Crippen LogP contribution in [0.2, 0.25) is 0 Å². The molecule has 0 saturated carbocycles. The Morgan fingerprint density at radius 2 is 2.22 bits per heavy atom. The largest absolute Gasteiger partial charge is 0.376 e. The molecule has 9 heteroatoms. The molecule has 9 nitrogen and oxygen atoms in total. The summed E-state index contributed by atoms with van der Waals surface area (Å²) in [4.78, 5) is 26.3. The van der Waals surface area contributed by atoms with E-state index in [1.807, 2.05) is 6.07 Å². The fourth-order valence-corrected chi connectivity index (χ4v) is 2.76. The Morgan fingerprint density at radius 1 is 1.33 bits per heavy atom. The third kappa shape index (κ3) is 5.29. The van der Waals surface area contributed by atoms with E-state index in [2.05, 4.69) is 20.3 Å². The molecule has 0 radical (unpaired) electrons. The maximum Gasteiger partial charge on any atom is 0.322 e. The fourth-order valence-electron chi connectivity index (χ4n) is 2.76. The molecule has 1 aliphatic rings. The van der Waals surface area contributed by atoms with Crippen molar-refractivity contribution >= 4 is 23.4 Å². The molecule has 0 bridgehead atoms. The van der Waals surface area contributed by atoms with Gasteiger partial charge in [0.25, 0.3) is 0 Å². The quantitative estimate of drug-likeness (QED) is 0.805. The van der Waals surface area contributed by atoms with Crippen LogP contribution in [0.4, 0.5) is 16.3 Å². The number of ether oxygens (including phenoxy) is 1. The zero-order valence-electron chi connectivity index (χ0n) is 14.6. The van der Waals surface area contributed by atoms with Gasteiger partial charge in [-0.25, -0.2) is 4.79 Å². The van der Waals surface area contributed by atoms with E-state index in [9.17, 15) is 9.59 Å². The lowest BCUT2D eigenvalue weighted by molar-refractivity contribution is -0.117. The van der Waals surface area contributed by atoms with E-state index < -0.39 is 11.9 Å². The van der Waals surface area contributed by atoms with Crippen molar-refractivity contribution in [3.8, 4) is 6.07 Å². The van der Waals surface area contributed by atoms with Crippen molar-refractivity contribution in [1.29, 1.82) is 5.26 Å². The van der Waals surface area contributed by atoms with Gasteiger partial charge in [-0.2, -0.15) is 5.26 Å². The smallest absolute Gasteiger partial charge is 0.322 e. The number of urea groups is 1. The van der Waals surface area contributed by atoms with Crippen LogP contribution in [0.3, 0.4) is 0 Å². The molecule has 1 aromatic heterocycles. The summed E-state index contributed by atoms with van der Waals surface area (Å²) in [6.07, 6.45) is 2.99. The summed E-state index contributed by atoms with van der Waals surface area (Å²) in [5.74, 6) is -0.123. The number of hydrogen-bond acceptors (Lipinski definition) is 6. The van der Waals surface area contributed by atoms with Gasteiger partial charge in [-0.3, -0.25) is 4.79 Å². The molecule has 27 heavy (non-hydrogen) atoms. The Hall–Kier alpha value is -3.38. The average molecular weight is 369 g/mol. The Bertz CT molecular complexity index is 825. The van der Waals surface area contributed by atoms with Crippen molar-refractivity contribution in [2.75, 3.05) is 30.3 Å². The lowest BCUT2D eigenvalue weighted by Crippen LogP contribution is -2.44. The molecule has 0 spiro atoms. The van der Waals surface area contributed by atoms with Gasteiger partial charge >= 0.3 is 6.03 Å². The summed E-state index contributed by atoms with van der Waals surface area (Å²) in [6.45, 7) is 0.766. The van der Waals surface area contributed by atoms with E-state index in [0.717, 1.165) is 12.8 Å². The first kappa shape index (κ1) is 18.4. The van der Waals surface area contributed by atoms with Crippen molar-refractivity contribution in [3.63, 3.8) is 0 Å². The van der Waals surface area contributed by atoms with Gasteiger partial charge in [0.05, 0.1) is 17.7 Å². The van der Waals surface area contributed by atoms with E-state index in [1.54, 1.807) is 24.3 Å². The monoisotopic (exact) mass is 369 g/mol. The number of nitrogens with zero attached hydrogens (tertiary/aromatic N) is 3. The minimum atomic E-state index is -0.448. The molecule has 1 saturated heterocycles. The summed E-state index contributed by atoms with van der Waals surface area (Å²) in [5, 5.41) is 17.9. The highest BCUT2D eigenvalue weighted by Gasteiger charge is 2.25. The Balaban J connectivity index is 1.66. The van der Waals surface area contributed by atoms with Crippen LogP contribution in [-0.2, 0) is 9.53 Å². The predicted octanol–water partition coefficient (Wildman–Crippen LogP) is 2.20. The van der Waals surface area contributed by atoms with Crippen LogP contribution in [0.25, 0.3) is 0 Å². The van der Waals surface area contributed by atoms with Gasteiger partial charge in [-0.15, -0.1) is 0 Å². The number of carbonyl (C=O) groups is 2. The van der Waals surface area contributed by atoms with Crippen LogP contribution in [0.5, 0.6) is 0 Å². The van der Waals surface area contributed by atoms with Crippen molar-refractivity contribution in [2.24, 2.45) is 0 Å². The zero-order valence-corrected chi connectivity index (χ0v) is 14.6. The standard InChI is InChI=1S/C18H19N5O4/c19-10-13-3-1-4-14(9-13)20-18(25)23(11-15-5-2-7-26-15)12-17(24)21-16-6-8-27-22-16/h1,3-4,6,8-9,15H,2,5,7,11-12H2,(H,20,25)(H,21,22,24). The third-order valence-corrected chi connectivity index (χ3v) is 4.02. The van der Waals surface area contributed by atoms with E-state index >= 15 is 0 Å². The number of benzene rings is 1. The van der Waals surface area contributed by atoms with Gasteiger partial charge in [0.2, 0.25) is 5.91 Å². The topological polar surface area (TPSA) is 120 Å².